The maximum Gasteiger partial charge on any atom is 0.226 e. The molecule has 2 saturated carbocycles. The fourth-order valence-corrected chi connectivity index (χ4v) is 4.26. The third-order valence-corrected chi connectivity index (χ3v) is 6.07. The second-order valence-electron chi connectivity index (χ2n) is 7.83. The van der Waals surface area contributed by atoms with Crippen LogP contribution in [0, 0.1) is 23.2 Å². The van der Waals surface area contributed by atoms with Crippen LogP contribution in [0.4, 0.5) is 0 Å². The van der Waals surface area contributed by atoms with Crippen molar-refractivity contribution < 1.29 is 9.59 Å². The summed E-state index contributed by atoms with van der Waals surface area (Å²) in [6.07, 6.45) is 9.34. The van der Waals surface area contributed by atoms with Crippen molar-refractivity contribution >= 4 is 11.8 Å². The Morgan fingerprint density at radius 2 is 2.00 bits per heavy atom. The Bertz CT molecular complexity index is 765. The smallest absolute Gasteiger partial charge is 0.226 e. The van der Waals surface area contributed by atoms with E-state index in [1.165, 1.54) is 5.56 Å². The number of fused-ring (bicyclic) bond motifs is 1. The van der Waals surface area contributed by atoms with E-state index in [0.29, 0.717) is 13.1 Å². The minimum absolute atomic E-state index is 0.0844. The van der Waals surface area contributed by atoms with Crippen LogP contribution in [0.1, 0.15) is 49.7 Å². The zero-order valence-electron chi connectivity index (χ0n) is 14.9. The van der Waals surface area contributed by atoms with Crippen LogP contribution in [0.5, 0.6) is 0 Å². The van der Waals surface area contributed by atoms with E-state index in [9.17, 15) is 14.9 Å². The summed E-state index contributed by atoms with van der Waals surface area (Å²) in [7, 11) is 0. The highest BCUT2D eigenvalue weighted by Gasteiger charge is 2.47. The highest BCUT2D eigenvalue weighted by atomic mass is 16.2. The number of amides is 2. The van der Waals surface area contributed by atoms with Gasteiger partial charge in [0.1, 0.15) is 5.54 Å². The van der Waals surface area contributed by atoms with Crippen molar-refractivity contribution in [3.8, 4) is 6.07 Å². The van der Waals surface area contributed by atoms with Gasteiger partial charge in [-0.2, -0.15) is 5.26 Å². The average Bonchev–Trinajstić information content (AvgIpc) is 3.47. The Hall–Kier alpha value is -2.42. The lowest BCUT2D eigenvalue weighted by molar-refractivity contribution is -0.144. The van der Waals surface area contributed by atoms with Crippen molar-refractivity contribution in [2.75, 3.05) is 6.54 Å². The first-order valence-electron chi connectivity index (χ1n) is 9.56. The third-order valence-electron chi connectivity index (χ3n) is 6.07. The molecule has 0 bridgehead atoms. The number of aromatic nitrogens is 1. The van der Waals surface area contributed by atoms with E-state index in [4.69, 9.17) is 0 Å². The summed E-state index contributed by atoms with van der Waals surface area (Å²) in [5.41, 5.74) is 1.69. The Morgan fingerprint density at radius 1 is 1.23 bits per heavy atom. The summed E-state index contributed by atoms with van der Waals surface area (Å²) in [4.78, 5) is 32.0. The number of hydrogen-bond acceptors (Lipinski definition) is 4. The van der Waals surface area contributed by atoms with Gasteiger partial charge in [0.15, 0.2) is 0 Å². The second-order valence-corrected chi connectivity index (χ2v) is 7.83. The molecular weight excluding hydrogens is 328 g/mol. The summed E-state index contributed by atoms with van der Waals surface area (Å²) in [6, 6.07) is 4.23. The van der Waals surface area contributed by atoms with Crippen LogP contribution in [0.3, 0.4) is 0 Å². The summed E-state index contributed by atoms with van der Waals surface area (Å²) < 4.78 is 0. The van der Waals surface area contributed by atoms with Crippen LogP contribution in [-0.2, 0) is 22.6 Å². The van der Waals surface area contributed by atoms with Crippen LogP contribution in [0.25, 0.3) is 0 Å². The molecule has 2 fully saturated rings. The maximum absolute atomic E-state index is 13.2. The summed E-state index contributed by atoms with van der Waals surface area (Å²) in [6.45, 7) is 1.28. The van der Waals surface area contributed by atoms with Crippen molar-refractivity contribution in [2.45, 2.75) is 57.0 Å². The fraction of sp³-hybridized carbons (Fsp3) is 0.600. The number of carbonyl (C=O) groups excluding carboxylic acids is 2. The summed E-state index contributed by atoms with van der Waals surface area (Å²) >= 11 is 0. The van der Waals surface area contributed by atoms with E-state index in [1.807, 2.05) is 17.2 Å². The molecule has 1 aromatic rings. The van der Waals surface area contributed by atoms with E-state index in [1.54, 1.807) is 6.20 Å². The van der Waals surface area contributed by atoms with Gasteiger partial charge in [-0.15, -0.1) is 0 Å². The van der Waals surface area contributed by atoms with Crippen molar-refractivity contribution in [1.82, 2.24) is 15.2 Å². The lowest BCUT2D eigenvalue weighted by Gasteiger charge is -2.36. The molecule has 0 saturated heterocycles. The first kappa shape index (κ1) is 17.0. The number of rotatable bonds is 3. The van der Waals surface area contributed by atoms with E-state index in [-0.39, 0.29) is 23.7 Å². The molecule has 6 heteroatoms. The quantitative estimate of drug-likeness (QED) is 0.901. The summed E-state index contributed by atoms with van der Waals surface area (Å²) in [5, 5.41) is 12.1. The van der Waals surface area contributed by atoms with Gasteiger partial charge in [0.05, 0.1) is 6.07 Å². The summed E-state index contributed by atoms with van der Waals surface area (Å²) in [5.74, 6) is -0.601. The lowest BCUT2D eigenvalue weighted by atomic mass is 9.77. The number of nitriles is 1. The standard InChI is InChI=1S/C20H24N4O2/c21-13-20(7-8-20)23-18(25)16-3-1-2-4-17(16)19(26)24-10-6-14-5-9-22-11-15(14)12-24/h5,9,11,16-17H,1-4,6-8,10,12H2,(H,23,25)/t16-,17-/m1/s1. The van der Waals surface area contributed by atoms with Crippen LogP contribution in [0.2, 0.25) is 0 Å². The fourth-order valence-electron chi connectivity index (χ4n) is 4.26. The van der Waals surface area contributed by atoms with Crippen LogP contribution in [-0.4, -0.2) is 33.8 Å². The van der Waals surface area contributed by atoms with Crippen molar-refractivity contribution in [3.63, 3.8) is 0 Å². The van der Waals surface area contributed by atoms with Gasteiger partial charge in [0.2, 0.25) is 11.8 Å². The number of hydrogen-bond donors (Lipinski definition) is 1. The molecule has 0 radical (unpaired) electrons. The second kappa shape index (κ2) is 6.71. The van der Waals surface area contributed by atoms with Gasteiger partial charge in [-0.1, -0.05) is 12.8 Å². The molecule has 26 heavy (non-hydrogen) atoms. The molecule has 2 aliphatic carbocycles. The molecule has 2 amide bonds. The molecule has 1 aromatic heterocycles. The molecule has 1 N–H and O–H groups in total. The Morgan fingerprint density at radius 3 is 2.73 bits per heavy atom. The number of carbonyl (C=O) groups is 2. The SMILES string of the molecule is N#CC1(NC(=O)[C@@H]2CCCC[C@H]2C(=O)N2CCc3ccncc3C2)CC1. The molecule has 1 aliphatic heterocycles. The molecule has 0 aromatic carbocycles. The Labute approximate surface area is 153 Å². The van der Waals surface area contributed by atoms with Crippen molar-refractivity contribution in [2.24, 2.45) is 11.8 Å². The Balaban J connectivity index is 1.47. The normalized spacial score (nSPS) is 26.3. The maximum atomic E-state index is 13.2. The van der Waals surface area contributed by atoms with Gasteiger partial charge < -0.3 is 10.2 Å². The van der Waals surface area contributed by atoms with Crippen molar-refractivity contribution in [3.05, 3.63) is 29.6 Å². The van der Waals surface area contributed by atoms with Crippen LogP contribution in [0.15, 0.2) is 18.5 Å². The molecule has 4 rings (SSSR count). The third kappa shape index (κ3) is 3.18. The molecular formula is C20H24N4O2. The Kier molecular flexibility index (Phi) is 4.39. The number of pyridine rings is 1. The molecule has 0 unspecified atom stereocenters. The van der Waals surface area contributed by atoms with Gasteiger partial charge in [0, 0.05) is 37.3 Å². The number of nitrogens with zero attached hydrogens (tertiary/aromatic N) is 3. The van der Waals surface area contributed by atoms with E-state index >= 15 is 0 Å². The van der Waals surface area contributed by atoms with Crippen LogP contribution < -0.4 is 5.32 Å². The number of nitrogens with one attached hydrogen (secondary N) is 1. The highest BCUT2D eigenvalue weighted by Crippen LogP contribution is 2.37. The van der Waals surface area contributed by atoms with Crippen LogP contribution >= 0.6 is 0 Å². The lowest BCUT2D eigenvalue weighted by Crippen LogP contribution is -2.48. The van der Waals surface area contributed by atoms with Gasteiger partial charge in [-0.3, -0.25) is 14.6 Å². The van der Waals surface area contributed by atoms with Crippen molar-refractivity contribution in [1.29, 1.82) is 5.26 Å². The predicted octanol–water partition coefficient (Wildman–Crippen LogP) is 1.95. The topological polar surface area (TPSA) is 86.1 Å². The molecule has 136 valence electrons. The zero-order chi connectivity index (χ0) is 18.1. The van der Waals surface area contributed by atoms with E-state index < -0.39 is 5.54 Å². The largest absolute Gasteiger partial charge is 0.338 e. The molecule has 3 aliphatic rings. The first-order valence-corrected chi connectivity index (χ1v) is 9.56. The van der Waals surface area contributed by atoms with Gasteiger partial charge in [-0.25, -0.2) is 0 Å². The average molecular weight is 352 g/mol. The molecule has 2 heterocycles. The predicted molar refractivity (Wildman–Crippen MR) is 94.5 cm³/mol. The molecule has 2 atom stereocenters. The molecule has 6 nitrogen and oxygen atoms in total. The van der Waals surface area contributed by atoms with Gasteiger partial charge in [-0.05, 0) is 49.3 Å². The first-order chi connectivity index (χ1) is 12.6. The van der Waals surface area contributed by atoms with E-state index in [2.05, 4.69) is 16.4 Å². The van der Waals surface area contributed by atoms with Gasteiger partial charge >= 0.3 is 0 Å². The zero-order valence-corrected chi connectivity index (χ0v) is 14.9. The minimum atomic E-state index is -0.669. The highest BCUT2D eigenvalue weighted by molar-refractivity contribution is 5.88. The van der Waals surface area contributed by atoms with E-state index in [0.717, 1.165) is 50.5 Å². The monoisotopic (exact) mass is 352 g/mol. The molecule has 0 spiro atoms. The van der Waals surface area contributed by atoms with Gasteiger partial charge in [0.25, 0.3) is 0 Å². The minimum Gasteiger partial charge on any atom is -0.338 e.